The van der Waals surface area contributed by atoms with E-state index < -0.39 is 11.9 Å². The molecule has 0 aliphatic heterocycles. The lowest BCUT2D eigenvalue weighted by Crippen LogP contribution is -2.35. The van der Waals surface area contributed by atoms with Crippen LogP contribution < -0.4 is 0 Å². The van der Waals surface area contributed by atoms with Crippen LogP contribution in [0.3, 0.4) is 0 Å². The fourth-order valence-electron chi connectivity index (χ4n) is 3.34. The number of fused-ring (bicyclic) bond motifs is 1. The first-order chi connectivity index (χ1) is 7.58. The molecule has 2 saturated carbocycles. The average molecular weight is 226 g/mol. The molecule has 2 fully saturated rings. The number of hydrogen-bond acceptors (Lipinski definition) is 2. The van der Waals surface area contributed by atoms with E-state index >= 15 is 0 Å². The maximum atomic E-state index is 10.9. The smallest absolute Gasteiger partial charge is 0.306 e. The maximum Gasteiger partial charge on any atom is 0.306 e. The molecule has 4 heteroatoms. The van der Waals surface area contributed by atoms with Crippen molar-refractivity contribution in [2.75, 3.05) is 0 Å². The van der Waals surface area contributed by atoms with Crippen LogP contribution in [-0.4, -0.2) is 22.2 Å². The van der Waals surface area contributed by atoms with Crippen molar-refractivity contribution in [3.63, 3.8) is 0 Å². The lowest BCUT2D eigenvalue weighted by atomic mass is 9.65. The number of aliphatic carboxylic acids is 2. The Hall–Kier alpha value is -1.06. The molecule has 0 aromatic carbocycles. The average Bonchev–Trinajstić information content (AvgIpc) is 2.27. The van der Waals surface area contributed by atoms with Crippen molar-refractivity contribution in [3.05, 3.63) is 0 Å². The predicted octanol–water partition coefficient (Wildman–Crippen LogP) is 1.99. The minimum atomic E-state index is -0.682. The third-order valence-corrected chi connectivity index (χ3v) is 4.31. The summed E-state index contributed by atoms with van der Waals surface area (Å²) in [6, 6.07) is 0. The highest BCUT2D eigenvalue weighted by Gasteiger charge is 2.39. The van der Waals surface area contributed by atoms with Gasteiger partial charge in [0.15, 0.2) is 0 Å². The molecule has 4 nitrogen and oxygen atoms in total. The number of hydrogen-bond donors (Lipinski definition) is 2. The van der Waals surface area contributed by atoms with E-state index in [2.05, 4.69) is 0 Å². The molecule has 2 rings (SSSR count). The van der Waals surface area contributed by atoms with Gasteiger partial charge in [-0.15, -0.1) is 0 Å². The van der Waals surface area contributed by atoms with Crippen LogP contribution in [-0.2, 0) is 9.59 Å². The van der Waals surface area contributed by atoms with Gasteiger partial charge < -0.3 is 10.2 Å². The molecule has 0 aromatic rings. The lowest BCUT2D eigenvalue weighted by Gasteiger charge is -2.40. The summed E-state index contributed by atoms with van der Waals surface area (Å²) in [6.07, 6.45) is 4.75. The van der Waals surface area contributed by atoms with Crippen LogP contribution >= 0.6 is 0 Å². The Balaban J connectivity index is 1.95. The van der Waals surface area contributed by atoms with Crippen LogP contribution in [0.4, 0.5) is 0 Å². The second kappa shape index (κ2) is 4.44. The summed E-state index contributed by atoms with van der Waals surface area (Å²) in [5.41, 5.74) is 0. The van der Waals surface area contributed by atoms with E-state index in [-0.39, 0.29) is 11.8 Å². The molecule has 16 heavy (non-hydrogen) atoms. The first kappa shape index (κ1) is 11.4. The van der Waals surface area contributed by atoms with Crippen molar-refractivity contribution >= 4 is 11.9 Å². The van der Waals surface area contributed by atoms with Gasteiger partial charge in [-0.05, 0) is 50.4 Å². The zero-order chi connectivity index (χ0) is 11.7. The highest BCUT2D eigenvalue weighted by molar-refractivity contribution is 5.71. The van der Waals surface area contributed by atoms with Gasteiger partial charge in [-0.25, -0.2) is 0 Å². The van der Waals surface area contributed by atoms with Crippen molar-refractivity contribution in [1.82, 2.24) is 0 Å². The Labute approximate surface area is 94.7 Å². The van der Waals surface area contributed by atoms with E-state index in [9.17, 15) is 9.59 Å². The number of carbonyl (C=O) groups is 2. The van der Waals surface area contributed by atoms with E-state index in [1.165, 1.54) is 0 Å². The monoisotopic (exact) mass is 226 g/mol. The third kappa shape index (κ3) is 2.20. The van der Waals surface area contributed by atoms with E-state index in [0.29, 0.717) is 11.8 Å². The quantitative estimate of drug-likeness (QED) is 0.755. The molecule has 0 heterocycles. The third-order valence-electron chi connectivity index (χ3n) is 4.31. The number of carboxylic acid groups (broad SMARTS) is 2. The molecule has 0 amide bonds. The number of rotatable bonds is 2. The maximum absolute atomic E-state index is 10.9. The molecule has 2 N–H and O–H groups in total. The molecule has 0 aromatic heterocycles. The molecule has 0 radical (unpaired) electrons. The topological polar surface area (TPSA) is 74.6 Å². The van der Waals surface area contributed by atoms with Crippen LogP contribution in [0.25, 0.3) is 0 Å². The van der Waals surface area contributed by atoms with E-state index in [4.69, 9.17) is 10.2 Å². The molecule has 4 atom stereocenters. The highest BCUT2D eigenvalue weighted by atomic mass is 16.4. The standard InChI is InChI=1S/C12H18O4/c13-11(14)9-3-1-7-5-10(12(15)16)4-2-8(7)6-9/h7-10H,1-6H2,(H,13,14)(H,15,16)/t7-,8?,9-,10?/m1/s1. The predicted molar refractivity (Wildman–Crippen MR) is 56.9 cm³/mol. The molecule has 2 unspecified atom stereocenters. The Morgan fingerprint density at radius 3 is 1.44 bits per heavy atom. The minimum Gasteiger partial charge on any atom is -0.481 e. The molecular weight excluding hydrogens is 208 g/mol. The van der Waals surface area contributed by atoms with Gasteiger partial charge in [-0.1, -0.05) is 0 Å². The van der Waals surface area contributed by atoms with Gasteiger partial charge in [0.2, 0.25) is 0 Å². The second-order valence-corrected chi connectivity index (χ2v) is 5.22. The molecule has 0 saturated heterocycles. The lowest BCUT2D eigenvalue weighted by molar-refractivity contribution is -0.148. The van der Waals surface area contributed by atoms with Gasteiger partial charge in [0.25, 0.3) is 0 Å². The van der Waals surface area contributed by atoms with Gasteiger partial charge in [0, 0.05) is 0 Å². The Morgan fingerprint density at radius 1 is 0.750 bits per heavy atom. The largest absolute Gasteiger partial charge is 0.481 e. The molecule has 0 spiro atoms. The minimum absolute atomic E-state index is 0.192. The molecule has 90 valence electrons. The summed E-state index contributed by atoms with van der Waals surface area (Å²) in [5.74, 6) is -0.848. The Kier molecular flexibility index (Phi) is 3.17. The zero-order valence-electron chi connectivity index (χ0n) is 9.26. The van der Waals surface area contributed by atoms with Gasteiger partial charge in [0.05, 0.1) is 11.8 Å². The summed E-state index contributed by atoms with van der Waals surface area (Å²) >= 11 is 0. The second-order valence-electron chi connectivity index (χ2n) is 5.22. The van der Waals surface area contributed by atoms with Crippen molar-refractivity contribution in [1.29, 1.82) is 0 Å². The Bertz CT molecular complexity index is 269. The fourth-order valence-corrected chi connectivity index (χ4v) is 3.34. The molecule has 2 aliphatic rings. The van der Waals surface area contributed by atoms with Crippen LogP contribution in [0, 0.1) is 23.7 Å². The molecular formula is C12H18O4. The van der Waals surface area contributed by atoms with E-state index in [1.54, 1.807) is 0 Å². The van der Waals surface area contributed by atoms with Gasteiger partial charge in [0.1, 0.15) is 0 Å². The van der Waals surface area contributed by atoms with E-state index in [1.807, 2.05) is 0 Å². The zero-order valence-corrected chi connectivity index (χ0v) is 9.26. The first-order valence-electron chi connectivity index (χ1n) is 6.03. The van der Waals surface area contributed by atoms with Gasteiger partial charge >= 0.3 is 11.9 Å². The van der Waals surface area contributed by atoms with E-state index in [0.717, 1.165) is 38.5 Å². The van der Waals surface area contributed by atoms with Gasteiger partial charge in [-0.2, -0.15) is 0 Å². The van der Waals surface area contributed by atoms with Crippen molar-refractivity contribution < 1.29 is 19.8 Å². The summed E-state index contributed by atoms with van der Waals surface area (Å²) in [4.78, 5) is 21.8. The summed E-state index contributed by atoms with van der Waals surface area (Å²) in [6.45, 7) is 0. The summed E-state index contributed by atoms with van der Waals surface area (Å²) in [7, 11) is 0. The van der Waals surface area contributed by atoms with Crippen LogP contribution in [0.1, 0.15) is 38.5 Å². The fraction of sp³-hybridized carbons (Fsp3) is 0.833. The van der Waals surface area contributed by atoms with Crippen LogP contribution in [0.15, 0.2) is 0 Å². The SMILES string of the molecule is O=C(O)C1CCC2C[C@H](C(=O)O)CC[C@@H]2C1. The van der Waals surface area contributed by atoms with Crippen molar-refractivity contribution in [2.45, 2.75) is 38.5 Å². The first-order valence-corrected chi connectivity index (χ1v) is 6.03. The van der Waals surface area contributed by atoms with Crippen LogP contribution in [0.2, 0.25) is 0 Å². The van der Waals surface area contributed by atoms with Crippen LogP contribution in [0.5, 0.6) is 0 Å². The summed E-state index contributed by atoms with van der Waals surface area (Å²) < 4.78 is 0. The molecule has 0 bridgehead atoms. The normalized spacial score (nSPS) is 38.8. The highest BCUT2D eigenvalue weighted by Crippen LogP contribution is 2.44. The molecule has 2 aliphatic carbocycles. The van der Waals surface area contributed by atoms with Crippen molar-refractivity contribution in [3.8, 4) is 0 Å². The number of carboxylic acids is 2. The van der Waals surface area contributed by atoms with Crippen molar-refractivity contribution in [2.24, 2.45) is 23.7 Å². The summed E-state index contributed by atoms with van der Waals surface area (Å²) in [5, 5.41) is 17.9. The van der Waals surface area contributed by atoms with Gasteiger partial charge in [-0.3, -0.25) is 9.59 Å². The Morgan fingerprint density at radius 2 is 1.12 bits per heavy atom.